The van der Waals surface area contributed by atoms with Gasteiger partial charge in [-0.3, -0.25) is 0 Å². The van der Waals surface area contributed by atoms with Crippen LogP contribution in [0.1, 0.15) is 32.1 Å². The Kier molecular flexibility index (Phi) is 3.50. The largest absolute Gasteiger partial charge is 0.206 e. The van der Waals surface area contributed by atoms with E-state index >= 15 is 0 Å². The number of benzene rings is 1. The van der Waals surface area contributed by atoms with Crippen LogP contribution in [0.15, 0.2) is 29.2 Å². The van der Waals surface area contributed by atoms with Gasteiger partial charge in [0, 0.05) is 4.90 Å². The minimum atomic E-state index is -0.402. The van der Waals surface area contributed by atoms with Crippen LogP contribution in [0.4, 0.5) is 4.39 Å². The van der Waals surface area contributed by atoms with Gasteiger partial charge in [0.1, 0.15) is 10.6 Å². The van der Waals surface area contributed by atoms with E-state index in [4.69, 9.17) is 0 Å². The van der Waals surface area contributed by atoms with Crippen molar-refractivity contribution < 1.29 is 4.39 Å². The van der Waals surface area contributed by atoms with E-state index < -0.39 is 4.75 Å². The quantitative estimate of drug-likeness (QED) is 0.769. The number of rotatable bonds is 2. The van der Waals surface area contributed by atoms with Gasteiger partial charge in [0.25, 0.3) is 0 Å². The second-order valence-electron chi connectivity index (χ2n) is 4.20. The Morgan fingerprint density at radius 2 is 1.88 bits per heavy atom. The van der Waals surface area contributed by atoms with Crippen molar-refractivity contribution in [3.05, 3.63) is 30.1 Å². The third kappa shape index (κ3) is 2.38. The van der Waals surface area contributed by atoms with E-state index in [0.29, 0.717) is 4.90 Å². The van der Waals surface area contributed by atoms with Crippen molar-refractivity contribution in [2.45, 2.75) is 41.7 Å². The zero-order chi connectivity index (χ0) is 11.4. The number of nitriles is 1. The van der Waals surface area contributed by atoms with E-state index in [-0.39, 0.29) is 5.82 Å². The van der Waals surface area contributed by atoms with Crippen LogP contribution in [0.2, 0.25) is 0 Å². The summed E-state index contributed by atoms with van der Waals surface area (Å²) in [6.07, 6.45) is 5.11. The molecule has 1 fully saturated rings. The summed E-state index contributed by atoms with van der Waals surface area (Å²) >= 11 is 1.40. The first-order valence-corrected chi connectivity index (χ1v) is 6.42. The molecule has 1 aromatic rings. The highest BCUT2D eigenvalue weighted by Gasteiger charge is 2.33. The molecule has 3 heteroatoms. The number of thioether (sulfide) groups is 1. The smallest absolute Gasteiger partial charge is 0.136 e. The molecule has 16 heavy (non-hydrogen) atoms. The minimum Gasteiger partial charge on any atom is -0.206 e. The molecule has 0 aliphatic heterocycles. The first-order chi connectivity index (χ1) is 7.76. The summed E-state index contributed by atoms with van der Waals surface area (Å²) in [4.78, 5) is 0.603. The van der Waals surface area contributed by atoms with E-state index in [1.165, 1.54) is 24.2 Å². The molecule has 0 amide bonds. The number of nitrogens with zero attached hydrogens (tertiary/aromatic N) is 1. The highest BCUT2D eigenvalue weighted by Crippen LogP contribution is 2.43. The molecule has 0 N–H and O–H groups in total. The molecule has 0 spiro atoms. The average molecular weight is 235 g/mol. The lowest BCUT2D eigenvalue weighted by Crippen LogP contribution is -2.25. The first kappa shape index (κ1) is 11.5. The van der Waals surface area contributed by atoms with Gasteiger partial charge < -0.3 is 0 Å². The summed E-state index contributed by atoms with van der Waals surface area (Å²) in [6, 6.07) is 9.10. The van der Waals surface area contributed by atoms with Crippen LogP contribution in [0.3, 0.4) is 0 Å². The highest BCUT2D eigenvalue weighted by atomic mass is 32.2. The molecule has 1 nitrogen and oxygen atoms in total. The Hall–Kier alpha value is -1.01. The number of hydrogen-bond donors (Lipinski definition) is 0. The maximum atomic E-state index is 13.5. The Balaban J connectivity index is 2.19. The summed E-state index contributed by atoms with van der Waals surface area (Å²) < 4.78 is 13.1. The van der Waals surface area contributed by atoms with E-state index in [0.717, 1.165) is 25.7 Å². The summed E-state index contributed by atoms with van der Waals surface area (Å²) in [5.74, 6) is -0.215. The standard InChI is InChI=1S/C13H14FNS/c14-11-6-2-3-7-12(11)16-13(10-15)8-4-1-5-9-13/h2-3,6-7H,1,4-5,8-9H2. The van der Waals surface area contributed by atoms with Crippen LogP contribution >= 0.6 is 11.8 Å². The van der Waals surface area contributed by atoms with E-state index in [2.05, 4.69) is 6.07 Å². The van der Waals surface area contributed by atoms with Crippen molar-refractivity contribution in [1.29, 1.82) is 5.26 Å². The summed E-state index contributed by atoms with van der Waals surface area (Å²) in [7, 11) is 0. The second-order valence-corrected chi connectivity index (χ2v) is 5.62. The Morgan fingerprint density at radius 1 is 1.19 bits per heavy atom. The van der Waals surface area contributed by atoms with Gasteiger partial charge in [-0.1, -0.05) is 31.4 Å². The van der Waals surface area contributed by atoms with E-state index in [9.17, 15) is 9.65 Å². The molecular weight excluding hydrogens is 221 g/mol. The molecule has 0 saturated heterocycles. The van der Waals surface area contributed by atoms with E-state index in [1.54, 1.807) is 12.1 Å². The highest BCUT2D eigenvalue weighted by molar-refractivity contribution is 8.01. The van der Waals surface area contributed by atoms with Gasteiger partial charge >= 0.3 is 0 Å². The topological polar surface area (TPSA) is 23.8 Å². The van der Waals surface area contributed by atoms with Crippen LogP contribution < -0.4 is 0 Å². The first-order valence-electron chi connectivity index (χ1n) is 5.61. The minimum absolute atomic E-state index is 0.215. The number of halogens is 1. The monoisotopic (exact) mass is 235 g/mol. The van der Waals surface area contributed by atoms with Crippen molar-refractivity contribution >= 4 is 11.8 Å². The SMILES string of the molecule is N#CC1(Sc2ccccc2F)CCCCC1. The summed E-state index contributed by atoms with van der Waals surface area (Å²) in [5.41, 5.74) is 0. The van der Waals surface area contributed by atoms with Crippen LogP contribution in [0.5, 0.6) is 0 Å². The lowest BCUT2D eigenvalue weighted by Gasteiger charge is -2.29. The van der Waals surface area contributed by atoms with E-state index in [1.807, 2.05) is 6.07 Å². The Labute approximate surface area is 99.7 Å². The van der Waals surface area contributed by atoms with Crippen molar-refractivity contribution in [1.82, 2.24) is 0 Å². The van der Waals surface area contributed by atoms with Gasteiger partial charge in [-0.2, -0.15) is 5.26 Å². The van der Waals surface area contributed by atoms with Crippen LogP contribution in [-0.4, -0.2) is 4.75 Å². The van der Waals surface area contributed by atoms with Gasteiger partial charge in [0.05, 0.1) is 6.07 Å². The fourth-order valence-electron chi connectivity index (χ4n) is 2.10. The second kappa shape index (κ2) is 4.88. The fraction of sp³-hybridized carbons (Fsp3) is 0.462. The van der Waals surface area contributed by atoms with Gasteiger partial charge in [-0.15, -0.1) is 11.8 Å². The lowest BCUT2D eigenvalue weighted by molar-refractivity contribution is 0.458. The predicted molar refractivity (Wildman–Crippen MR) is 63.7 cm³/mol. The molecule has 1 aliphatic rings. The Bertz CT molecular complexity index is 405. The molecule has 0 atom stereocenters. The van der Waals surface area contributed by atoms with Crippen LogP contribution in [0, 0.1) is 17.1 Å². The zero-order valence-corrected chi connectivity index (χ0v) is 9.89. The predicted octanol–water partition coefficient (Wildman–Crippen LogP) is 4.14. The molecule has 2 rings (SSSR count). The van der Waals surface area contributed by atoms with Crippen molar-refractivity contribution in [2.75, 3.05) is 0 Å². The van der Waals surface area contributed by atoms with Gasteiger partial charge in [0.15, 0.2) is 0 Å². The molecule has 84 valence electrons. The molecule has 0 radical (unpaired) electrons. The molecule has 1 saturated carbocycles. The summed E-state index contributed by atoms with van der Waals surface area (Å²) in [6.45, 7) is 0. The maximum Gasteiger partial charge on any atom is 0.136 e. The molecule has 0 heterocycles. The normalized spacial score (nSPS) is 19.0. The molecular formula is C13H14FNS. The molecule has 1 aliphatic carbocycles. The molecule has 0 bridgehead atoms. The van der Waals surface area contributed by atoms with Crippen LogP contribution in [-0.2, 0) is 0 Å². The zero-order valence-electron chi connectivity index (χ0n) is 9.08. The third-order valence-corrected chi connectivity index (χ3v) is 4.45. The molecule has 0 unspecified atom stereocenters. The van der Waals surface area contributed by atoms with Gasteiger partial charge in [-0.25, -0.2) is 4.39 Å². The Morgan fingerprint density at radius 3 is 2.50 bits per heavy atom. The van der Waals surface area contributed by atoms with Crippen LogP contribution in [0.25, 0.3) is 0 Å². The third-order valence-electron chi connectivity index (χ3n) is 3.01. The van der Waals surface area contributed by atoms with Crippen molar-refractivity contribution in [2.24, 2.45) is 0 Å². The summed E-state index contributed by atoms with van der Waals surface area (Å²) in [5, 5.41) is 9.30. The molecule has 0 aromatic heterocycles. The lowest BCUT2D eigenvalue weighted by atomic mass is 9.89. The van der Waals surface area contributed by atoms with Crippen molar-refractivity contribution in [3.63, 3.8) is 0 Å². The molecule has 1 aromatic carbocycles. The van der Waals surface area contributed by atoms with Gasteiger partial charge in [-0.05, 0) is 25.0 Å². The van der Waals surface area contributed by atoms with Gasteiger partial charge in [0.2, 0.25) is 0 Å². The van der Waals surface area contributed by atoms with Crippen molar-refractivity contribution in [3.8, 4) is 6.07 Å². The fourth-order valence-corrected chi connectivity index (χ4v) is 3.37. The average Bonchev–Trinajstić information content (AvgIpc) is 2.33. The maximum absolute atomic E-state index is 13.5. The number of hydrogen-bond acceptors (Lipinski definition) is 2.